The summed E-state index contributed by atoms with van der Waals surface area (Å²) in [7, 11) is 0. The van der Waals surface area contributed by atoms with E-state index in [0.717, 1.165) is 19.4 Å². The van der Waals surface area contributed by atoms with E-state index in [0.29, 0.717) is 28.5 Å². The van der Waals surface area contributed by atoms with Gasteiger partial charge in [-0.1, -0.05) is 30.9 Å². The lowest BCUT2D eigenvalue weighted by Gasteiger charge is -2.32. The molecule has 28 heavy (non-hydrogen) atoms. The van der Waals surface area contributed by atoms with Crippen molar-refractivity contribution in [1.29, 1.82) is 0 Å². The van der Waals surface area contributed by atoms with E-state index >= 15 is 0 Å². The van der Waals surface area contributed by atoms with Crippen LogP contribution in [0.3, 0.4) is 0 Å². The number of anilines is 3. The van der Waals surface area contributed by atoms with Crippen LogP contribution < -0.4 is 16.0 Å². The Morgan fingerprint density at radius 3 is 2.71 bits per heavy atom. The molecular weight excluding hydrogens is 376 g/mol. The molecule has 2 aliphatic rings. The molecule has 2 aromatic rings. The largest absolute Gasteiger partial charge is 0.397 e. The molecule has 0 radical (unpaired) electrons. The molecule has 0 bridgehead atoms. The quantitative estimate of drug-likeness (QED) is 0.808. The number of nitrogens with two attached hydrogens (primary N) is 1. The van der Waals surface area contributed by atoms with Gasteiger partial charge in [-0.2, -0.15) is 0 Å². The summed E-state index contributed by atoms with van der Waals surface area (Å²) >= 11 is 6.48. The topological polar surface area (TPSA) is 88.3 Å². The molecule has 7 heteroatoms. The monoisotopic (exact) mass is 398 g/mol. The van der Waals surface area contributed by atoms with Gasteiger partial charge in [-0.25, -0.2) is 4.98 Å². The van der Waals surface area contributed by atoms with Gasteiger partial charge in [0, 0.05) is 24.8 Å². The highest BCUT2D eigenvalue weighted by Gasteiger charge is 2.44. The lowest BCUT2D eigenvalue weighted by Crippen LogP contribution is -2.30. The van der Waals surface area contributed by atoms with E-state index in [2.05, 4.69) is 10.3 Å². The first kappa shape index (κ1) is 18.7. The van der Waals surface area contributed by atoms with E-state index < -0.39 is 5.91 Å². The molecule has 1 aromatic carbocycles. The van der Waals surface area contributed by atoms with Crippen molar-refractivity contribution in [3.63, 3.8) is 0 Å². The van der Waals surface area contributed by atoms with E-state index in [1.165, 1.54) is 25.5 Å². The molecular formula is C21H23ClN4O2. The van der Waals surface area contributed by atoms with Crippen molar-refractivity contribution >= 4 is 40.5 Å². The number of benzene rings is 1. The smallest absolute Gasteiger partial charge is 0.276 e. The normalized spacial score (nSPS) is 18.5. The molecule has 1 saturated carbocycles. The first-order valence-corrected chi connectivity index (χ1v) is 9.97. The van der Waals surface area contributed by atoms with Crippen LogP contribution in [0.25, 0.3) is 0 Å². The first-order chi connectivity index (χ1) is 13.5. The van der Waals surface area contributed by atoms with E-state index in [1.807, 2.05) is 0 Å². The van der Waals surface area contributed by atoms with Crippen LogP contribution in [0.15, 0.2) is 36.5 Å². The SMILES string of the molecule is Nc1cccnc1C(=O)Nc1ccc(N2CC3(CCCCC3)CC2=O)c(Cl)c1. The van der Waals surface area contributed by atoms with Gasteiger partial charge in [0.25, 0.3) is 5.91 Å². The summed E-state index contributed by atoms with van der Waals surface area (Å²) < 4.78 is 0. The zero-order valence-corrected chi connectivity index (χ0v) is 16.3. The molecule has 4 rings (SSSR count). The molecule has 2 fully saturated rings. The lowest BCUT2D eigenvalue weighted by atomic mass is 9.73. The second-order valence-corrected chi connectivity index (χ2v) is 8.19. The predicted octanol–water partition coefficient (Wildman–Crippen LogP) is 4.26. The Labute approximate surface area is 169 Å². The van der Waals surface area contributed by atoms with E-state index in [1.54, 1.807) is 35.2 Å². The van der Waals surface area contributed by atoms with Crippen LogP contribution in [0, 0.1) is 5.41 Å². The average molecular weight is 399 g/mol. The van der Waals surface area contributed by atoms with Gasteiger partial charge in [-0.15, -0.1) is 0 Å². The van der Waals surface area contributed by atoms with Crippen LogP contribution in [0.1, 0.15) is 49.0 Å². The molecule has 146 valence electrons. The highest BCUT2D eigenvalue weighted by atomic mass is 35.5. The Bertz CT molecular complexity index is 924. The fourth-order valence-electron chi connectivity index (χ4n) is 4.35. The van der Waals surface area contributed by atoms with Gasteiger partial charge in [0.2, 0.25) is 5.91 Å². The van der Waals surface area contributed by atoms with Crippen LogP contribution in [0.4, 0.5) is 17.1 Å². The van der Waals surface area contributed by atoms with E-state index in [-0.39, 0.29) is 17.0 Å². The standard InChI is InChI=1S/C21H23ClN4O2/c22-15-11-14(25-20(28)19-16(23)5-4-10-24-19)6-7-17(15)26-13-21(12-18(26)27)8-2-1-3-9-21/h4-7,10-11H,1-3,8-9,12-13,23H2,(H,25,28). The number of hydrogen-bond acceptors (Lipinski definition) is 4. The molecule has 1 saturated heterocycles. The maximum atomic E-state index is 12.7. The average Bonchev–Trinajstić information content (AvgIpc) is 2.98. The van der Waals surface area contributed by atoms with Gasteiger partial charge in [0.15, 0.2) is 5.69 Å². The number of nitrogens with zero attached hydrogens (tertiary/aromatic N) is 2. The number of carbonyl (C=O) groups is 2. The number of hydrogen-bond donors (Lipinski definition) is 2. The number of amides is 2. The molecule has 3 N–H and O–H groups in total. The number of aromatic nitrogens is 1. The van der Waals surface area contributed by atoms with E-state index in [4.69, 9.17) is 17.3 Å². The Kier molecular flexibility index (Phi) is 4.98. The second-order valence-electron chi connectivity index (χ2n) is 7.78. The third-order valence-corrected chi connectivity index (χ3v) is 6.09. The van der Waals surface area contributed by atoms with Gasteiger partial charge in [-0.3, -0.25) is 9.59 Å². The zero-order valence-electron chi connectivity index (χ0n) is 15.6. The Morgan fingerprint density at radius 1 is 1.21 bits per heavy atom. The van der Waals surface area contributed by atoms with Gasteiger partial charge >= 0.3 is 0 Å². The van der Waals surface area contributed by atoms with Crippen molar-refractivity contribution in [2.75, 3.05) is 22.5 Å². The maximum Gasteiger partial charge on any atom is 0.276 e. The minimum absolute atomic E-state index is 0.0993. The Hall–Kier alpha value is -2.60. The van der Waals surface area contributed by atoms with Gasteiger partial charge in [0.05, 0.1) is 16.4 Å². The molecule has 0 unspecified atom stereocenters. The lowest BCUT2D eigenvalue weighted by molar-refractivity contribution is -0.118. The number of pyridine rings is 1. The van der Waals surface area contributed by atoms with Crippen molar-refractivity contribution in [3.05, 3.63) is 47.2 Å². The fourth-order valence-corrected chi connectivity index (χ4v) is 4.64. The molecule has 1 aliphatic heterocycles. The van der Waals surface area contributed by atoms with E-state index in [9.17, 15) is 9.59 Å². The van der Waals surface area contributed by atoms with Crippen LogP contribution >= 0.6 is 11.6 Å². The predicted molar refractivity (Wildman–Crippen MR) is 111 cm³/mol. The third kappa shape index (κ3) is 3.56. The van der Waals surface area contributed by atoms with Crippen molar-refractivity contribution in [2.45, 2.75) is 38.5 Å². The molecule has 2 amide bonds. The number of nitrogens with one attached hydrogen (secondary N) is 1. The van der Waals surface area contributed by atoms with Gasteiger partial charge in [-0.05, 0) is 48.6 Å². The third-order valence-electron chi connectivity index (χ3n) is 5.79. The van der Waals surface area contributed by atoms with Crippen molar-refractivity contribution in [1.82, 2.24) is 4.98 Å². The molecule has 0 atom stereocenters. The molecule has 1 aromatic heterocycles. The summed E-state index contributed by atoms with van der Waals surface area (Å²) in [6.07, 6.45) is 7.96. The summed E-state index contributed by atoms with van der Waals surface area (Å²) in [6, 6.07) is 8.49. The Morgan fingerprint density at radius 2 is 2.00 bits per heavy atom. The fraction of sp³-hybridized carbons (Fsp3) is 0.381. The van der Waals surface area contributed by atoms with Crippen molar-refractivity contribution in [3.8, 4) is 0 Å². The van der Waals surface area contributed by atoms with Crippen molar-refractivity contribution < 1.29 is 9.59 Å². The van der Waals surface area contributed by atoms with Gasteiger partial charge < -0.3 is 16.0 Å². The highest BCUT2D eigenvalue weighted by Crippen LogP contribution is 2.46. The van der Waals surface area contributed by atoms with Crippen molar-refractivity contribution in [2.24, 2.45) is 5.41 Å². The van der Waals surface area contributed by atoms with Crippen LogP contribution in [0.5, 0.6) is 0 Å². The highest BCUT2D eigenvalue weighted by molar-refractivity contribution is 6.34. The summed E-state index contributed by atoms with van der Waals surface area (Å²) in [6.45, 7) is 0.724. The molecule has 1 aliphatic carbocycles. The number of halogens is 1. The van der Waals surface area contributed by atoms with Crippen LogP contribution in [0.2, 0.25) is 5.02 Å². The summed E-state index contributed by atoms with van der Waals surface area (Å²) in [5.74, 6) is -0.276. The number of carbonyl (C=O) groups excluding carboxylic acids is 2. The van der Waals surface area contributed by atoms with Crippen LogP contribution in [-0.4, -0.2) is 23.3 Å². The maximum absolute atomic E-state index is 12.7. The second kappa shape index (κ2) is 7.43. The minimum Gasteiger partial charge on any atom is -0.397 e. The molecule has 2 heterocycles. The van der Waals surface area contributed by atoms with Crippen LogP contribution in [-0.2, 0) is 4.79 Å². The Balaban J connectivity index is 1.51. The summed E-state index contributed by atoms with van der Waals surface area (Å²) in [4.78, 5) is 30.9. The number of nitrogen functional groups attached to an aromatic ring is 1. The summed E-state index contributed by atoms with van der Waals surface area (Å²) in [5.41, 5.74) is 7.60. The zero-order chi connectivity index (χ0) is 19.7. The molecule has 6 nitrogen and oxygen atoms in total. The first-order valence-electron chi connectivity index (χ1n) is 9.59. The minimum atomic E-state index is -0.402. The molecule has 1 spiro atoms. The van der Waals surface area contributed by atoms with Gasteiger partial charge in [0.1, 0.15) is 0 Å². The summed E-state index contributed by atoms with van der Waals surface area (Å²) in [5, 5.41) is 3.19. The number of rotatable bonds is 3.